The minimum absolute atomic E-state index is 0.0826. The Labute approximate surface area is 113 Å². The van der Waals surface area contributed by atoms with Gasteiger partial charge in [-0.05, 0) is 25.7 Å². The molecule has 1 saturated carbocycles. The summed E-state index contributed by atoms with van der Waals surface area (Å²) in [5, 5.41) is 0. The fourth-order valence-electron chi connectivity index (χ4n) is 2.18. The van der Waals surface area contributed by atoms with Crippen LogP contribution in [0.1, 0.15) is 54.4 Å². The van der Waals surface area contributed by atoms with E-state index in [0.29, 0.717) is 6.42 Å². The number of ketones is 4. The summed E-state index contributed by atoms with van der Waals surface area (Å²) in [7, 11) is 0. The van der Waals surface area contributed by atoms with E-state index in [9.17, 15) is 19.2 Å². The molecular weight excluding hydrogens is 244 g/mol. The first-order chi connectivity index (χ1) is 8.35. The van der Waals surface area contributed by atoms with Crippen LogP contribution in [0.3, 0.4) is 0 Å². The quantitative estimate of drug-likeness (QED) is 0.497. The Bertz CT molecular complexity index is 467. The Hall–Kier alpha value is -1.32. The summed E-state index contributed by atoms with van der Waals surface area (Å²) in [4.78, 5) is 48.7. The molecule has 0 N–H and O–H groups in total. The second kappa shape index (κ2) is 4.36. The van der Waals surface area contributed by atoms with Crippen LogP contribution in [-0.2, 0) is 19.2 Å². The summed E-state index contributed by atoms with van der Waals surface area (Å²) in [6.45, 7) is 9.86. The zero-order valence-electron chi connectivity index (χ0n) is 12.5. The fourth-order valence-corrected chi connectivity index (χ4v) is 2.18. The van der Waals surface area contributed by atoms with Gasteiger partial charge in [-0.2, -0.15) is 0 Å². The Kier molecular flexibility index (Phi) is 3.61. The lowest BCUT2D eigenvalue weighted by Gasteiger charge is -2.40. The molecule has 0 amide bonds. The standard InChI is InChI=1S/C15H22O4/c1-13(2)8-7-9(16)10(17)14(3,4)11(18)12(19)15(13,5)6/h7-8H2,1-6H3. The van der Waals surface area contributed by atoms with Gasteiger partial charge in [-0.25, -0.2) is 0 Å². The van der Waals surface area contributed by atoms with E-state index in [0.717, 1.165) is 0 Å². The van der Waals surface area contributed by atoms with Crippen molar-refractivity contribution in [3.63, 3.8) is 0 Å². The van der Waals surface area contributed by atoms with Crippen LogP contribution in [0.25, 0.3) is 0 Å². The fraction of sp³-hybridized carbons (Fsp3) is 0.733. The smallest absolute Gasteiger partial charge is 0.212 e. The molecule has 0 heterocycles. The minimum atomic E-state index is -1.55. The largest absolute Gasteiger partial charge is 0.291 e. The number of hydrogen-bond donors (Lipinski definition) is 0. The van der Waals surface area contributed by atoms with Gasteiger partial charge in [0.2, 0.25) is 17.3 Å². The third-order valence-electron chi connectivity index (χ3n) is 4.83. The van der Waals surface area contributed by atoms with Gasteiger partial charge in [-0.15, -0.1) is 0 Å². The molecule has 0 atom stereocenters. The van der Waals surface area contributed by atoms with E-state index in [1.54, 1.807) is 13.8 Å². The van der Waals surface area contributed by atoms with Crippen LogP contribution in [0.15, 0.2) is 0 Å². The lowest BCUT2D eigenvalue weighted by molar-refractivity contribution is -0.154. The van der Waals surface area contributed by atoms with Crippen molar-refractivity contribution in [1.29, 1.82) is 0 Å². The van der Waals surface area contributed by atoms with Crippen LogP contribution in [0, 0.1) is 16.2 Å². The van der Waals surface area contributed by atoms with Gasteiger partial charge in [0.15, 0.2) is 5.78 Å². The van der Waals surface area contributed by atoms with Crippen LogP contribution < -0.4 is 0 Å². The van der Waals surface area contributed by atoms with Crippen LogP contribution in [-0.4, -0.2) is 23.1 Å². The molecule has 0 aromatic rings. The van der Waals surface area contributed by atoms with Crippen molar-refractivity contribution in [3.8, 4) is 0 Å². The molecule has 0 bridgehead atoms. The van der Waals surface area contributed by atoms with Crippen molar-refractivity contribution in [1.82, 2.24) is 0 Å². The van der Waals surface area contributed by atoms with Crippen molar-refractivity contribution in [2.45, 2.75) is 54.4 Å². The van der Waals surface area contributed by atoms with E-state index in [1.807, 2.05) is 13.8 Å². The van der Waals surface area contributed by atoms with Gasteiger partial charge in [0.1, 0.15) is 0 Å². The summed E-state index contributed by atoms with van der Waals surface area (Å²) in [5.41, 5.74) is -2.96. The lowest BCUT2D eigenvalue weighted by atomic mass is 9.62. The molecule has 1 aliphatic carbocycles. The molecule has 0 unspecified atom stereocenters. The Morgan fingerprint density at radius 1 is 0.737 bits per heavy atom. The van der Waals surface area contributed by atoms with Crippen LogP contribution >= 0.6 is 0 Å². The van der Waals surface area contributed by atoms with Gasteiger partial charge in [-0.3, -0.25) is 19.2 Å². The van der Waals surface area contributed by atoms with Gasteiger partial charge < -0.3 is 0 Å². The third-order valence-corrected chi connectivity index (χ3v) is 4.83. The molecule has 0 saturated heterocycles. The first-order valence-electron chi connectivity index (χ1n) is 6.52. The van der Waals surface area contributed by atoms with E-state index in [2.05, 4.69) is 0 Å². The van der Waals surface area contributed by atoms with E-state index in [1.165, 1.54) is 13.8 Å². The van der Waals surface area contributed by atoms with E-state index in [-0.39, 0.29) is 6.42 Å². The summed E-state index contributed by atoms with van der Waals surface area (Å²) in [6.07, 6.45) is 0.499. The molecule has 0 spiro atoms. The summed E-state index contributed by atoms with van der Waals surface area (Å²) >= 11 is 0. The average molecular weight is 266 g/mol. The van der Waals surface area contributed by atoms with Gasteiger partial charge in [0, 0.05) is 11.8 Å². The highest BCUT2D eigenvalue weighted by atomic mass is 16.2. The van der Waals surface area contributed by atoms with Crippen molar-refractivity contribution in [2.24, 2.45) is 16.2 Å². The predicted molar refractivity (Wildman–Crippen MR) is 70.6 cm³/mol. The normalized spacial score (nSPS) is 26.6. The molecular formula is C15H22O4. The molecule has 0 aromatic heterocycles. The molecule has 1 rings (SSSR count). The first-order valence-corrected chi connectivity index (χ1v) is 6.52. The highest BCUT2D eigenvalue weighted by molar-refractivity contribution is 6.52. The molecule has 0 radical (unpaired) electrons. The Morgan fingerprint density at radius 3 is 1.68 bits per heavy atom. The maximum Gasteiger partial charge on any atom is 0.212 e. The Morgan fingerprint density at radius 2 is 1.21 bits per heavy atom. The molecule has 4 nitrogen and oxygen atoms in total. The van der Waals surface area contributed by atoms with Crippen LogP contribution in [0.4, 0.5) is 0 Å². The third kappa shape index (κ3) is 2.28. The van der Waals surface area contributed by atoms with Crippen molar-refractivity contribution < 1.29 is 19.2 Å². The monoisotopic (exact) mass is 266 g/mol. The van der Waals surface area contributed by atoms with Crippen LogP contribution in [0.5, 0.6) is 0 Å². The molecule has 4 heteroatoms. The van der Waals surface area contributed by atoms with Crippen molar-refractivity contribution in [2.75, 3.05) is 0 Å². The zero-order valence-corrected chi connectivity index (χ0v) is 12.5. The first kappa shape index (κ1) is 15.7. The van der Waals surface area contributed by atoms with Gasteiger partial charge in [-0.1, -0.05) is 27.7 Å². The topological polar surface area (TPSA) is 68.3 Å². The molecule has 1 fully saturated rings. The molecule has 0 aromatic carbocycles. The number of rotatable bonds is 0. The highest BCUT2D eigenvalue weighted by Crippen LogP contribution is 2.45. The predicted octanol–water partition coefficient (Wildman–Crippen LogP) is 2.14. The van der Waals surface area contributed by atoms with Gasteiger partial charge >= 0.3 is 0 Å². The second-order valence-corrected chi connectivity index (χ2v) is 7.04. The number of Topliss-reactive ketones (excluding diaryl/α,β-unsaturated/α-hetero) is 4. The molecule has 19 heavy (non-hydrogen) atoms. The van der Waals surface area contributed by atoms with Gasteiger partial charge in [0.05, 0.1) is 5.41 Å². The lowest BCUT2D eigenvalue weighted by Crippen LogP contribution is -2.48. The number of carbonyl (C=O) groups is 4. The molecule has 1 aliphatic rings. The van der Waals surface area contributed by atoms with E-state index < -0.39 is 39.4 Å². The summed E-state index contributed by atoms with van der Waals surface area (Å²) in [5.74, 6) is -2.63. The van der Waals surface area contributed by atoms with Gasteiger partial charge in [0.25, 0.3) is 0 Å². The minimum Gasteiger partial charge on any atom is -0.291 e. The van der Waals surface area contributed by atoms with E-state index >= 15 is 0 Å². The van der Waals surface area contributed by atoms with Crippen LogP contribution in [0.2, 0.25) is 0 Å². The highest BCUT2D eigenvalue weighted by Gasteiger charge is 2.53. The van der Waals surface area contributed by atoms with Crippen molar-refractivity contribution in [3.05, 3.63) is 0 Å². The number of hydrogen-bond acceptors (Lipinski definition) is 4. The average Bonchev–Trinajstić information content (AvgIpc) is 2.32. The van der Waals surface area contributed by atoms with E-state index in [4.69, 9.17) is 0 Å². The SMILES string of the molecule is CC1(C)C(=O)C(=O)CCC(C)(C)C(C)(C)C(=O)C1=O. The number of carbonyl (C=O) groups excluding carboxylic acids is 4. The maximum atomic E-state index is 12.4. The summed E-state index contributed by atoms with van der Waals surface area (Å²) < 4.78 is 0. The second-order valence-electron chi connectivity index (χ2n) is 7.04. The molecule has 0 aliphatic heterocycles. The maximum absolute atomic E-state index is 12.4. The van der Waals surface area contributed by atoms with Crippen molar-refractivity contribution >= 4 is 23.1 Å². The zero-order chi connectivity index (χ0) is 15.2. The Balaban J connectivity index is 3.44. The summed E-state index contributed by atoms with van der Waals surface area (Å²) in [6, 6.07) is 0. The molecule has 106 valence electrons.